The van der Waals surface area contributed by atoms with Crippen LogP contribution in [0, 0.1) is 0 Å². The summed E-state index contributed by atoms with van der Waals surface area (Å²) in [5, 5.41) is 10.3. The molecule has 1 aromatic heterocycles. The molecule has 0 fully saturated rings. The topological polar surface area (TPSA) is 71.5 Å². The van der Waals surface area contributed by atoms with Crippen molar-refractivity contribution < 1.29 is 19.4 Å². The van der Waals surface area contributed by atoms with E-state index in [1.165, 1.54) is 0 Å². The molecule has 0 bridgehead atoms. The molecule has 2 N–H and O–H groups in total. The predicted octanol–water partition coefficient (Wildman–Crippen LogP) is 5.65. The van der Waals surface area contributed by atoms with Gasteiger partial charge in [0.1, 0.15) is 17.2 Å². The lowest BCUT2D eigenvalue weighted by molar-refractivity contribution is -0.136. The van der Waals surface area contributed by atoms with Crippen molar-refractivity contribution >= 4 is 16.9 Å². The van der Waals surface area contributed by atoms with Crippen molar-refractivity contribution in [2.45, 2.75) is 13.3 Å². The van der Waals surface area contributed by atoms with Gasteiger partial charge >= 0.3 is 5.97 Å². The normalized spacial score (nSPS) is 10.8. The number of carbonyl (C=O) groups is 1. The molecule has 1 heterocycles. The first-order valence-corrected chi connectivity index (χ1v) is 9.46. The van der Waals surface area contributed by atoms with Crippen molar-refractivity contribution in [2.24, 2.45) is 0 Å². The molecular formula is C24H21NO4. The maximum atomic E-state index is 11.5. The first-order valence-electron chi connectivity index (χ1n) is 9.46. The molecule has 0 radical (unpaired) electrons. The zero-order valence-corrected chi connectivity index (χ0v) is 16.0. The molecule has 0 spiro atoms. The van der Waals surface area contributed by atoms with E-state index in [4.69, 9.17) is 9.47 Å². The van der Waals surface area contributed by atoms with E-state index < -0.39 is 5.97 Å². The van der Waals surface area contributed by atoms with Crippen LogP contribution >= 0.6 is 0 Å². The number of aromatic nitrogens is 1. The molecule has 5 nitrogen and oxygen atoms in total. The molecule has 29 heavy (non-hydrogen) atoms. The second-order valence-corrected chi connectivity index (χ2v) is 6.63. The van der Waals surface area contributed by atoms with Crippen molar-refractivity contribution in [1.29, 1.82) is 0 Å². The number of para-hydroxylation sites is 1. The fourth-order valence-corrected chi connectivity index (χ4v) is 3.38. The van der Waals surface area contributed by atoms with Crippen molar-refractivity contribution in [3.05, 3.63) is 78.4 Å². The van der Waals surface area contributed by atoms with Crippen LogP contribution in [0.5, 0.6) is 17.2 Å². The number of fused-ring (bicyclic) bond motifs is 1. The quantitative estimate of drug-likeness (QED) is 0.430. The van der Waals surface area contributed by atoms with Crippen molar-refractivity contribution in [3.8, 4) is 28.5 Å². The van der Waals surface area contributed by atoms with E-state index >= 15 is 0 Å². The average molecular weight is 387 g/mol. The summed E-state index contributed by atoms with van der Waals surface area (Å²) in [5.41, 5.74) is 3.30. The Morgan fingerprint density at radius 1 is 0.931 bits per heavy atom. The minimum Gasteiger partial charge on any atom is -0.494 e. The Morgan fingerprint density at radius 2 is 1.66 bits per heavy atom. The van der Waals surface area contributed by atoms with Crippen LogP contribution in [0.15, 0.2) is 72.8 Å². The fraction of sp³-hybridized carbons (Fsp3) is 0.125. The van der Waals surface area contributed by atoms with Gasteiger partial charge in [-0.3, -0.25) is 4.79 Å². The number of H-pyrrole nitrogens is 1. The average Bonchev–Trinajstić information content (AvgIpc) is 3.07. The Labute approximate surface area is 168 Å². The smallest absolute Gasteiger partial charge is 0.307 e. The van der Waals surface area contributed by atoms with E-state index in [-0.39, 0.29) is 6.42 Å². The van der Waals surface area contributed by atoms with E-state index in [1.54, 1.807) is 0 Å². The van der Waals surface area contributed by atoms with Crippen molar-refractivity contribution in [1.82, 2.24) is 4.98 Å². The number of aromatic amines is 1. The summed E-state index contributed by atoms with van der Waals surface area (Å²) in [6, 6.07) is 22.8. The predicted molar refractivity (Wildman–Crippen MR) is 113 cm³/mol. The van der Waals surface area contributed by atoms with Crippen LogP contribution in [0.2, 0.25) is 0 Å². The van der Waals surface area contributed by atoms with Gasteiger partial charge in [-0.2, -0.15) is 0 Å². The number of carboxylic acids is 1. The highest BCUT2D eigenvalue weighted by Gasteiger charge is 2.17. The van der Waals surface area contributed by atoms with Gasteiger partial charge in [0.05, 0.1) is 18.7 Å². The Balaban J connectivity index is 1.76. The monoisotopic (exact) mass is 387 g/mol. The second-order valence-electron chi connectivity index (χ2n) is 6.63. The number of aliphatic carboxylic acids is 1. The molecule has 0 aliphatic carbocycles. The minimum atomic E-state index is -0.882. The second kappa shape index (κ2) is 8.10. The molecule has 3 aromatic carbocycles. The van der Waals surface area contributed by atoms with Gasteiger partial charge < -0.3 is 19.6 Å². The van der Waals surface area contributed by atoms with E-state index in [0.717, 1.165) is 39.2 Å². The third-order valence-corrected chi connectivity index (χ3v) is 4.64. The van der Waals surface area contributed by atoms with E-state index in [9.17, 15) is 9.90 Å². The lowest BCUT2D eigenvalue weighted by Gasteiger charge is -2.07. The molecule has 5 heteroatoms. The van der Waals surface area contributed by atoms with Gasteiger partial charge in [-0.25, -0.2) is 0 Å². The number of carboxylic acid groups (broad SMARTS) is 1. The third kappa shape index (κ3) is 4.09. The maximum absolute atomic E-state index is 11.5. The van der Waals surface area contributed by atoms with Gasteiger partial charge in [0.15, 0.2) is 0 Å². The summed E-state index contributed by atoms with van der Waals surface area (Å²) in [7, 11) is 0. The van der Waals surface area contributed by atoms with E-state index in [2.05, 4.69) is 4.98 Å². The van der Waals surface area contributed by atoms with Crippen LogP contribution in [-0.2, 0) is 11.2 Å². The highest BCUT2D eigenvalue weighted by atomic mass is 16.5. The molecule has 4 rings (SSSR count). The summed E-state index contributed by atoms with van der Waals surface area (Å²) in [6.45, 7) is 2.53. The van der Waals surface area contributed by atoms with Crippen LogP contribution < -0.4 is 9.47 Å². The summed E-state index contributed by atoms with van der Waals surface area (Å²) in [4.78, 5) is 14.9. The maximum Gasteiger partial charge on any atom is 0.307 e. The van der Waals surface area contributed by atoms with Gasteiger partial charge in [0, 0.05) is 10.9 Å². The lowest BCUT2D eigenvalue weighted by Crippen LogP contribution is -2.01. The molecule has 0 aliphatic rings. The highest BCUT2D eigenvalue weighted by molar-refractivity contribution is 5.94. The van der Waals surface area contributed by atoms with Gasteiger partial charge in [-0.1, -0.05) is 18.2 Å². The number of hydrogen-bond acceptors (Lipinski definition) is 3. The summed E-state index contributed by atoms with van der Waals surface area (Å²) < 4.78 is 11.4. The van der Waals surface area contributed by atoms with Gasteiger partial charge in [-0.15, -0.1) is 0 Å². The molecule has 0 aliphatic heterocycles. The van der Waals surface area contributed by atoms with Gasteiger partial charge in [0.25, 0.3) is 0 Å². The number of rotatable bonds is 7. The standard InChI is InChI=1S/C24H21NO4/c1-2-28-17-10-8-16(9-11-17)24-21(15-23(26)27)20-14-19(12-13-22(20)25-24)29-18-6-4-3-5-7-18/h3-14,25H,2,15H2,1H3,(H,26,27). The van der Waals surface area contributed by atoms with Crippen molar-refractivity contribution in [2.75, 3.05) is 6.61 Å². The van der Waals surface area contributed by atoms with Crippen molar-refractivity contribution in [3.63, 3.8) is 0 Å². The largest absolute Gasteiger partial charge is 0.494 e. The van der Waals surface area contributed by atoms with E-state index in [0.29, 0.717) is 12.4 Å². The number of ether oxygens (including phenoxy) is 2. The lowest BCUT2D eigenvalue weighted by atomic mass is 10.0. The molecule has 0 atom stereocenters. The first kappa shape index (κ1) is 18.6. The molecular weight excluding hydrogens is 366 g/mol. The number of hydrogen-bond donors (Lipinski definition) is 2. The molecule has 0 amide bonds. The van der Waals surface area contributed by atoms with Crippen LogP contribution in [-0.4, -0.2) is 22.7 Å². The molecule has 0 saturated carbocycles. The molecule has 146 valence electrons. The van der Waals surface area contributed by atoms with E-state index in [1.807, 2.05) is 79.7 Å². The van der Waals surface area contributed by atoms with Gasteiger partial charge in [0.2, 0.25) is 0 Å². The SMILES string of the molecule is CCOc1ccc(-c2[nH]c3ccc(Oc4ccccc4)cc3c2CC(=O)O)cc1. The minimum absolute atomic E-state index is 0.0860. The summed E-state index contributed by atoms with van der Waals surface area (Å²) >= 11 is 0. The van der Waals surface area contributed by atoms with Crippen LogP contribution in [0.25, 0.3) is 22.2 Å². The number of nitrogens with one attached hydrogen (secondary N) is 1. The van der Waals surface area contributed by atoms with Crippen LogP contribution in [0.4, 0.5) is 0 Å². The fourth-order valence-electron chi connectivity index (χ4n) is 3.38. The van der Waals surface area contributed by atoms with Crippen LogP contribution in [0.1, 0.15) is 12.5 Å². The molecule has 4 aromatic rings. The number of benzene rings is 3. The first-order chi connectivity index (χ1) is 14.1. The third-order valence-electron chi connectivity index (χ3n) is 4.64. The zero-order valence-electron chi connectivity index (χ0n) is 16.0. The molecule has 0 saturated heterocycles. The molecule has 0 unspecified atom stereocenters. The Kier molecular flexibility index (Phi) is 5.20. The highest BCUT2D eigenvalue weighted by Crippen LogP contribution is 2.34. The summed E-state index contributed by atoms with van der Waals surface area (Å²) in [5.74, 6) is 1.29. The Hall–Kier alpha value is -3.73. The van der Waals surface area contributed by atoms with Gasteiger partial charge in [-0.05, 0) is 72.6 Å². The zero-order chi connectivity index (χ0) is 20.2. The Morgan fingerprint density at radius 3 is 2.34 bits per heavy atom. The van der Waals surface area contributed by atoms with Crippen LogP contribution in [0.3, 0.4) is 0 Å². The summed E-state index contributed by atoms with van der Waals surface area (Å²) in [6.07, 6.45) is -0.0860. The Bertz CT molecular complexity index is 1130.